The number of carbonyl (C=O) groups is 2. The average Bonchev–Trinajstić information content (AvgIpc) is 2.72. The molecule has 0 spiro atoms. The van der Waals surface area contributed by atoms with Gasteiger partial charge in [0, 0.05) is 34.4 Å². The maximum Gasteiger partial charge on any atom is 0.308 e. The Labute approximate surface area is 175 Å². The minimum Gasteiger partial charge on any atom is -0.427 e. The van der Waals surface area contributed by atoms with Crippen molar-refractivity contribution in [2.24, 2.45) is 5.92 Å². The van der Waals surface area contributed by atoms with E-state index in [1.807, 2.05) is 36.4 Å². The molecule has 3 saturated heterocycles. The van der Waals surface area contributed by atoms with Crippen LogP contribution in [0.15, 0.2) is 58.3 Å². The molecule has 0 saturated carbocycles. The number of piperidine rings is 3. The molecule has 2 bridgehead atoms. The smallest absolute Gasteiger partial charge is 0.308 e. The first kappa shape index (κ1) is 20.0. The molecule has 3 heterocycles. The number of nitrogens with zero attached hydrogens (tertiary/aromatic N) is 1. The lowest BCUT2D eigenvalue weighted by Gasteiger charge is -2.49. The largest absolute Gasteiger partial charge is 0.427 e. The van der Waals surface area contributed by atoms with Gasteiger partial charge in [-0.2, -0.15) is 0 Å². The Hall–Kier alpha value is -2.31. The van der Waals surface area contributed by atoms with Crippen LogP contribution < -0.4 is 10.1 Å². The highest BCUT2D eigenvalue weighted by Gasteiger charge is 2.40. The van der Waals surface area contributed by atoms with Crippen LogP contribution in [0.5, 0.6) is 5.75 Å². The Kier molecular flexibility index (Phi) is 5.92. The summed E-state index contributed by atoms with van der Waals surface area (Å²) in [5, 5.41) is 3.28. The lowest BCUT2D eigenvalue weighted by Crippen LogP contribution is -2.62. The Morgan fingerprint density at radius 3 is 2.14 bits per heavy atom. The van der Waals surface area contributed by atoms with Crippen LogP contribution in [0.2, 0.25) is 0 Å². The molecule has 1 N–H and O–H groups in total. The number of fused-ring (bicyclic) bond motifs is 3. The summed E-state index contributed by atoms with van der Waals surface area (Å²) in [6, 6.07) is 15.8. The highest BCUT2D eigenvalue weighted by atomic mass is 32.2. The van der Waals surface area contributed by atoms with Crippen LogP contribution in [0.3, 0.4) is 0 Å². The third-order valence-electron chi connectivity index (χ3n) is 5.91. The Morgan fingerprint density at radius 2 is 1.59 bits per heavy atom. The van der Waals surface area contributed by atoms with Crippen molar-refractivity contribution in [2.45, 2.75) is 48.6 Å². The van der Waals surface area contributed by atoms with Crippen LogP contribution in [0.4, 0.5) is 0 Å². The third-order valence-corrected chi connectivity index (χ3v) is 6.93. The fraction of sp³-hybridized carbons (Fsp3) is 0.391. The second-order valence-electron chi connectivity index (χ2n) is 7.80. The number of nitrogens with one attached hydrogen (secondary N) is 1. The van der Waals surface area contributed by atoms with Crippen LogP contribution in [0.25, 0.3) is 0 Å². The second-order valence-corrected chi connectivity index (χ2v) is 8.95. The van der Waals surface area contributed by atoms with E-state index in [1.54, 1.807) is 23.9 Å². The molecule has 0 aliphatic carbocycles. The molecule has 3 aliphatic heterocycles. The van der Waals surface area contributed by atoms with Gasteiger partial charge in [-0.25, -0.2) is 0 Å². The number of hydrogen-bond donors (Lipinski definition) is 1. The van der Waals surface area contributed by atoms with Crippen molar-refractivity contribution in [3.05, 3.63) is 54.1 Å². The lowest BCUT2D eigenvalue weighted by atomic mass is 9.79. The van der Waals surface area contributed by atoms with Gasteiger partial charge >= 0.3 is 5.97 Å². The molecule has 1 amide bonds. The molecular formula is C23H26N2O3S. The van der Waals surface area contributed by atoms with Crippen LogP contribution >= 0.6 is 11.8 Å². The first-order valence-corrected chi connectivity index (χ1v) is 10.9. The first-order chi connectivity index (χ1) is 14.0. The maximum absolute atomic E-state index is 12.8. The van der Waals surface area contributed by atoms with E-state index in [0.29, 0.717) is 23.3 Å². The SMILES string of the molecule is CC(=O)Oc1ccc(Sc2ccc(C(=O)N[C@@H]3C4CCN(CC4)[C@H]3C)cc2)cc1. The number of esters is 1. The fourth-order valence-corrected chi connectivity index (χ4v) is 5.15. The summed E-state index contributed by atoms with van der Waals surface area (Å²) in [6.45, 7) is 5.93. The minimum atomic E-state index is -0.327. The van der Waals surface area contributed by atoms with Gasteiger partial charge in [0.05, 0.1) is 0 Å². The van der Waals surface area contributed by atoms with Gasteiger partial charge in [0.15, 0.2) is 0 Å². The Bertz CT molecular complexity index is 872. The normalized spacial score (nSPS) is 25.4. The zero-order valence-electron chi connectivity index (χ0n) is 16.8. The van der Waals surface area contributed by atoms with E-state index in [1.165, 1.54) is 19.8 Å². The number of hydrogen-bond acceptors (Lipinski definition) is 5. The van der Waals surface area contributed by atoms with Gasteiger partial charge in [-0.3, -0.25) is 14.5 Å². The number of amides is 1. The Morgan fingerprint density at radius 1 is 1.00 bits per heavy atom. The van der Waals surface area contributed by atoms with Crippen molar-refractivity contribution < 1.29 is 14.3 Å². The van der Waals surface area contributed by atoms with Gasteiger partial charge in [-0.05, 0) is 87.3 Å². The highest BCUT2D eigenvalue weighted by molar-refractivity contribution is 7.99. The molecule has 5 nitrogen and oxygen atoms in total. The molecule has 0 aromatic heterocycles. The Balaban J connectivity index is 1.36. The van der Waals surface area contributed by atoms with E-state index in [-0.39, 0.29) is 17.9 Å². The van der Waals surface area contributed by atoms with Crippen LogP contribution in [-0.2, 0) is 4.79 Å². The third kappa shape index (κ3) is 4.65. The summed E-state index contributed by atoms with van der Waals surface area (Å²) in [7, 11) is 0. The predicted octanol–water partition coefficient (Wildman–Crippen LogP) is 3.98. The van der Waals surface area contributed by atoms with Gasteiger partial charge in [0.2, 0.25) is 0 Å². The molecule has 0 unspecified atom stereocenters. The van der Waals surface area contributed by atoms with Crippen molar-refractivity contribution in [3.8, 4) is 5.75 Å². The molecule has 29 heavy (non-hydrogen) atoms. The van der Waals surface area contributed by atoms with Gasteiger partial charge in [-0.1, -0.05) is 11.8 Å². The average molecular weight is 411 g/mol. The minimum absolute atomic E-state index is 0.0119. The van der Waals surface area contributed by atoms with Crippen molar-refractivity contribution in [2.75, 3.05) is 13.1 Å². The zero-order valence-corrected chi connectivity index (χ0v) is 17.6. The molecule has 2 aromatic rings. The van der Waals surface area contributed by atoms with Gasteiger partial charge in [0.25, 0.3) is 5.91 Å². The molecule has 5 rings (SSSR count). The van der Waals surface area contributed by atoms with Crippen LogP contribution in [0.1, 0.15) is 37.0 Å². The topological polar surface area (TPSA) is 58.6 Å². The molecule has 2 atom stereocenters. The monoisotopic (exact) mass is 410 g/mol. The first-order valence-electron chi connectivity index (χ1n) is 10.1. The highest BCUT2D eigenvalue weighted by Crippen LogP contribution is 2.33. The number of carbonyl (C=O) groups excluding carboxylic acids is 2. The van der Waals surface area contributed by atoms with Crippen molar-refractivity contribution in [1.29, 1.82) is 0 Å². The number of benzene rings is 2. The summed E-state index contributed by atoms with van der Waals surface area (Å²) in [5.74, 6) is 0.823. The summed E-state index contributed by atoms with van der Waals surface area (Å²) < 4.78 is 5.05. The van der Waals surface area contributed by atoms with E-state index in [0.717, 1.165) is 22.9 Å². The molecule has 3 fully saturated rings. The molecule has 0 radical (unpaired) electrons. The van der Waals surface area contributed by atoms with E-state index in [9.17, 15) is 9.59 Å². The lowest BCUT2D eigenvalue weighted by molar-refractivity contribution is -0.131. The summed E-state index contributed by atoms with van der Waals surface area (Å²) >= 11 is 1.60. The van der Waals surface area contributed by atoms with E-state index < -0.39 is 0 Å². The van der Waals surface area contributed by atoms with Crippen LogP contribution in [0, 0.1) is 5.92 Å². The number of rotatable bonds is 5. The maximum atomic E-state index is 12.8. The quantitative estimate of drug-likeness (QED) is 0.597. The summed E-state index contributed by atoms with van der Waals surface area (Å²) in [4.78, 5) is 28.3. The van der Waals surface area contributed by atoms with Crippen molar-refractivity contribution in [1.82, 2.24) is 10.2 Å². The van der Waals surface area contributed by atoms with Crippen molar-refractivity contribution in [3.63, 3.8) is 0 Å². The molecule has 152 valence electrons. The predicted molar refractivity (Wildman–Crippen MR) is 113 cm³/mol. The molecule has 2 aromatic carbocycles. The van der Waals surface area contributed by atoms with E-state index in [4.69, 9.17) is 4.74 Å². The molecular weight excluding hydrogens is 384 g/mol. The van der Waals surface area contributed by atoms with E-state index >= 15 is 0 Å². The summed E-state index contributed by atoms with van der Waals surface area (Å²) in [6.07, 6.45) is 2.36. The molecule has 6 heteroatoms. The van der Waals surface area contributed by atoms with Gasteiger partial charge < -0.3 is 10.1 Å². The number of ether oxygens (including phenoxy) is 1. The van der Waals surface area contributed by atoms with Gasteiger partial charge in [0.1, 0.15) is 5.75 Å². The zero-order chi connectivity index (χ0) is 20.4. The van der Waals surface area contributed by atoms with Crippen LogP contribution in [-0.4, -0.2) is 41.9 Å². The standard InChI is InChI=1S/C23H26N2O3S/c1-15-22(17-11-13-25(15)14-12-17)24-23(27)18-3-7-20(8-4-18)29-21-9-5-19(6-10-21)28-16(2)26/h3-10,15,17,22H,11-14H2,1-2H3,(H,24,27)/t15-,22-/m0/s1. The van der Waals surface area contributed by atoms with E-state index in [2.05, 4.69) is 17.1 Å². The summed E-state index contributed by atoms with van der Waals surface area (Å²) in [5.41, 5.74) is 0.697. The second kappa shape index (κ2) is 8.59. The fourth-order valence-electron chi connectivity index (χ4n) is 4.33. The van der Waals surface area contributed by atoms with Crippen molar-refractivity contribution >= 4 is 23.6 Å². The molecule has 3 aliphatic rings. The van der Waals surface area contributed by atoms with Gasteiger partial charge in [-0.15, -0.1) is 0 Å².